The van der Waals surface area contributed by atoms with Gasteiger partial charge in [-0.3, -0.25) is 0 Å². The van der Waals surface area contributed by atoms with Crippen LogP contribution in [0.3, 0.4) is 0 Å². The molecule has 0 aliphatic heterocycles. The second-order valence-electron chi connectivity index (χ2n) is 6.91. The van der Waals surface area contributed by atoms with Gasteiger partial charge < -0.3 is 14.8 Å². The summed E-state index contributed by atoms with van der Waals surface area (Å²) in [5.74, 6) is 1.43. The van der Waals surface area contributed by atoms with Crippen molar-refractivity contribution < 1.29 is 9.47 Å². The van der Waals surface area contributed by atoms with E-state index in [0.29, 0.717) is 23.9 Å². The van der Waals surface area contributed by atoms with Gasteiger partial charge in [0, 0.05) is 23.2 Å². The van der Waals surface area contributed by atoms with Crippen LogP contribution in [0.4, 0.5) is 0 Å². The van der Waals surface area contributed by atoms with E-state index in [-0.39, 0.29) is 12.4 Å². The van der Waals surface area contributed by atoms with E-state index >= 15 is 0 Å². The quantitative estimate of drug-likeness (QED) is 0.378. The zero-order chi connectivity index (χ0) is 18.9. The van der Waals surface area contributed by atoms with E-state index in [2.05, 4.69) is 23.5 Å². The Morgan fingerprint density at radius 3 is 2.64 bits per heavy atom. The maximum atomic E-state index is 6.28. The van der Waals surface area contributed by atoms with Crippen molar-refractivity contribution in [3.63, 3.8) is 0 Å². The van der Waals surface area contributed by atoms with Crippen molar-refractivity contribution in [2.45, 2.75) is 45.3 Å². The predicted octanol–water partition coefficient (Wildman–Crippen LogP) is 6.33. The maximum absolute atomic E-state index is 6.28. The highest BCUT2D eigenvalue weighted by atomic mass is 35.5. The molecular weight excluding hydrogens is 393 g/mol. The van der Waals surface area contributed by atoms with Gasteiger partial charge in [-0.05, 0) is 50.3 Å². The minimum absolute atomic E-state index is 0. The number of allylic oxidation sites excluding steroid dienone is 1. The Bertz CT molecular complexity index is 763. The van der Waals surface area contributed by atoms with E-state index in [0.717, 1.165) is 29.8 Å². The number of nitrogens with one attached hydrogen (secondary N) is 1. The van der Waals surface area contributed by atoms with Crippen molar-refractivity contribution in [2.24, 2.45) is 0 Å². The van der Waals surface area contributed by atoms with Gasteiger partial charge in [-0.15, -0.1) is 12.4 Å². The molecule has 152 valence electrons. The van der Waals surface area contributed by atoms with Crippen molar-refractivity contribution in [3.8, 4) is 11.5 Å². The smallest absolute Gasteiger partial charge is 0.166 e. The number of rotatable bonds is 9. The fraction of sp³-hybridized carbons (Fsp3) is 0.391. The Balaban J connectivity index is 0.00000280. The molecule has 0 saturated heterocycles. The molecule has 0 radical (unpaired) electrons. The van der Waals surface area contributed by atoms with E-state index in [1.165, 1.54) is 25.7 Å². The molecule has 0 heterocycles. The second kappa shape index (κ2) is 12.0. The molecule has 0 unspecified atom stereocenters. The second-order valence-corrected chi connectivity index (χ2v) is 7.34. The Kier molecular flexibility index (Phi) is 9.69. The fourth-order valence-corrected chi connectivity index (χ4v) is 3.63. The molecule has 1 N–H and O–H groups in total. The summed E-state index contributed by atoms with van der Waals surface area (Å²) in [6.45, 7) is 2.16. The highest BCUT2D eigenvalue weighted by molar-refractivity contribution is 6.30. The molecule has 1 aliphatic rings. The summed E-state index contributed by atoms with van der Waals surface area (Å²) in [6.07, 6.45) is 8.66. The third-order valence-corrected chi connectivity index (χ3v) is 5.08. The van der Waals surface area contributed by atoms with Gasteiger partial charge in [0.05, 0.1) is 7.11 Å². The summed E-state index contributed by atoms with van der Waals surface area (Å²) in [7, 11) is 1.65. The Hall–Kier alpha value is -1.68. The van der Waals surface area contributed by atoms with E-state index in [9.17, 15) is 0 Å². The average molecular weight is 422 g/mol. The van der Waals surface area contributed by atoms with E-state index in [4.69, 9.17) is 21.1 Å². The van der Waals surface area contributed by atoms with Crippen LogP contribution < -0.4 is 14.8 Å². The molecule has 2 aromatic carbocycles. The molecule has 3 nitrogen and oxygen atoms in total. The normalized spacial score (nSPS) is 13.4. The average Bonchev–Trinajstić information content (AvgIpc) is 2.71. The Morgan fingerprint density at radius 2 is 1.93 bits per heavy atom. The number of hydrogen-bond donors (Lipinski definition) is 1. The minimum atomic E-state index is 0. The molecule has 28 heavy (non-hydrogen) atoms. The molecule has 0 aromatic heterocycles. The summed E-state index contributed by atoms with van der Waals surface area (Å²) in [4.78, 5) is 0. The SMILES string of the molecule is COc1cc(Cl)cc(CNCCC2=CCCCC2)c1OCc1ccccc1.Cl. The molecule has 0 saturated carbocycles. The van der Waals surface area contributed by atoms with Crippen molar-refractivity contribution in [3.05, 3.63) is 70.3 Å². The number of benzene rings is 2. The van der Waals surface area contributed by atoms with E-state index in [1.54, 1.807) is 18.7 Å². The van der Waals surface area contributed by atoms with Crippen LogP contribution in [0.25, 0.3) is 0 Å². The first-order valence-electron chi connectivity index (χ1n) is 9.68. The third-order valence-electron chi connectivity index (χ3n) is 4.87. The lowest BCUT2D eigenvalue weighted by Crippen LogP contribution is -2.16. The third kappa shape index (κ3) is 6.73. The van der Waals surface area contributed by atoms with E-state index < -0.39 is 0 Å². The van der Waals surface area contributed by atoms with Crippen LogP contribution in [-0.4, -0.2) is 13.7 Å². The molecule has 0 bridgehead atoms. The minimum Gasteiger partial charge on any atom is -0.493 e. The van der Waals surface area contributed by atoms with Gasteiger partial charge in [-0.25, -0.2) is 0 Å². The Morgan fingerprint density at radius 1 is 1.11 bits per heavy atom. The summed E-state index contributed by atoms with van der Waals surface area (Å²) >= 11 is 6.28. The lowest BCUT2D eigenvalue weighted by molar-refractivity contribution is 0.280. The number of methoxy groups -OCH3 is 1. The van der Waals surface area contributed by atoms with Crippen LogP contribution in [0.15, 0.2) is 54.1 Å². The standard InChI is InChI=1S/C23H28ClNO2.ClH/c1-26-22-15-21(24)14-20(16-25-13-12-18-8-4-2-5-9-18)23(22)27-17-19-10-6-3-7-11-19;/h3,6-8,10-11,14-15,25H,2,4-5,9,12-13,16-17H2,1H3;1H. The van der Waals surface area contributed by atoms with Crippen molar-refractivity contribution in [2.75, 3.05) is 13.7 Å². The van der Waals surface area contributed by atoms with Gasteiger partial charge in [0.1, 0.15) is 6.61 Å². The molecule has 0 amide bonds. The first kappa shape index (κ1) is 22.6. The maximum Gasteiger partial charge on any atom is 0.166 e. The van der Waals surface area contributed by atoms with Crippen molar-refractivity contribution in [1.29, 1.82) is 0 Å². The monoisotopic (exact) mass is 421 g/mol. The van der Waals surface area contributed by atoms with Gasteiger partial charge in [0.2, 0.25) is 0 Å². The van der Waals surface area contributed by atoms with Crippen LogP contribution >= 0.6 is 24.0 Å². The highest BCUT2D eigenvalue weighted by Gasteiger charge is 2.13. The Labute approximate surface area is 179 Å². The molecule has 3 rings (SSSR count). The predicted molar refractivity (Wildman–Crippen MR) is 119 cm³/mol. The molecule has 0 atom stereocenters. The summed E-state index contributed by atoms with van der Waals surface area (Å²) in [6, 6.07) is 13.9. The van der Waals surface area contributed by atoms with Crippen molar-refractivity contribution in [1.82, 2.24) is 5.32 Å². The van der Waals surface area contributed by atoms with Crippen LogP contribution in [0.1, 0.15) is 43.2 Å². The van der Waals surface area contributed by atoms with Gasteiger partial charge in [0.25, 0.3) is 0 Å². The molecule has 5 heteroatoms. The molecular formula is C23H29Cl2NO2. The summed E-state index contributed by atoms with van der Waals surface area (Å²) in [5.41, 5.74) is 3.73. The first-order chi connectivity index (χ1) is 13.3. The lowest BCUT2D eigenvalue weighted by atomic mass is 9.97. The van der Waals surface area contributed by atoms with Crippen LogP contribution in [0.2, 0.25) is 5.02 Å². The molecule has 0 spiro atoms. The molecule has 1 aliphatic carbocycles. The number of hydrogen-bond acceptors (Lipinski definition) is 3. The fourth-order valence-electron chi connectivity index (χ4n) is 3.40. The first-order valence-corrected chi connectivity index (χ1v) is 10.1. The van der Waals surface area contributed by atoms with Crippen LogP contribution in [0, 0.1) is 0 Å². The lowest BCUT2D eigenvalue weighted by Gasteiger charge is -2.17. The molecule has 2 aromatic rings. The van der Waals surface area contributed by atoms with Crippen molar-refractivity contribution >= 4 is 24.0 Å². The molecule has 0 fully saturated rings. The van der Waals surface area contributed by atoms with Gasteiger partial charge in [0.15, 0.2) is 11.5 Å². The number of ether oxygens (including phenoxy) is 2. The van der Waals surface area contributed by atoms with Gasteiger partial charge in [-0.1, -0.05) is 53.6 Å². The summed E-state index contributed by atoms with van der Waals surface area (Å²) < 4.78 is 11.6. The zero-order valence-electron chi connectivity index (χ0n) is 16.4. The van der Waals surface area contributed by atoms with E-state index in [1.807, 2.05) is 24.3 Å². The van der Waals surface area contributed by atoms with Gasteiger partial charge in [-0.2, -0.15) is 0 Å². The zero-order valence-corrected chi connectivity index (χ0v) is 18.0. The highest BCUT2D eigenvalue weighted by Crippen LogP contribution is 2.35. The largest absolute Gasteiger partial charge is 0.493 e. The van der Waals surface area contributed by atoms with Crippen LogP contribution in [-0.2, 0) is 13.2 Å². The number of halogens is 2. The summed E-state index contributed by atoms with van der Waals surface area (Å²) in [5, 5.41) is 4.19. The van der Waals surface area contributed by atoms with Gasteiger partial charge >= 0.3 is 0 Å². The topological polar surface area (TPSA) is 30.5 Å². The van der Waals surface area contributed by atoms with Crippen LogP contribution in [0.5, 0.6) is 11.5 Å².